The van der Waals surface area contributed by atoms with Crippen LogP contribution in [0.1, 0.15) is 79.6 Å². The highest BCUT2D eigenvalue weighted by molar-refractivity contribution is 5.69. The number of pyridine rings is 1. The third-order valence-corrected chi connectivity index (χ3v) is 5.28. The first-order valence-electron chi connectivity index (χ1n) is 13.4. The molecule has 2 heterocycles. The van der Waals surface area contributed by atoms with Crippen LogP contribution in [0.25, 0.3) is 11.1 Å². The van der Waals surface area contributed by atoms with Crippen molar-refractivity contribution in [1.82, 2.24) is 15.6 Å². The molecule has 4 nitrogen and oxygen atoms in total. The normalized spacial score (nSPS) is 11.8. The van der Waals surface area contributed by atoms with Gasteiger partial charge in [0, 0.05) is 26.8 Å². The average Bonchev–Trinajstić information content (AvgIpc) is 2.95. The summed E-state index contributed by atoms with van der Waals surface area (Å²) < 4.78 is 6.25. The molecule has 200 valence electrons. The van der Waals surface area contributed by atoms with Crippen molar-refractivity contribution in [2.75, 3.05) is 20.1 Å². The third-order valence-electron chi connectivity index (χ3n) is 5.28. The molecule has 4 heteroatoms. The fourth-order valence-corrected chi connectivity index (χ4v) is 3.52. The molecule has 2 aromatic rings. The van der Waals surface area contributed by atoms with Crippen LogP contribution in [0.5, 0.6) is 11.5 Å². The minimum atomic E-state index is 0. The summed E-state index contributed by atoms with van der Waals surface area (Å²) in [6.45, 7) is 22.1. The van der Waals surface area contributed by atoms with Crippen LogP contribution in [-0.4, -0.2) is 25.1 Å². The number of rotatable bonds is 9. The van der Waals surface area contributed by atoms with E-state index < -0.39 is 0 Å². The molecule has 0 bridgehead atoms. The zero-order chi connectivity index (χ0) is 27.3. The molecule has 0 saturated carbocycles. The summed E-state index contributed by atoms with van der Waals surface area (Å²) >= 11 is 0. The molecule has 0 amide bonds. The van der Waals surface area contributed by atoms with Crippen LogP contribution in [0.4, 0.5) is 0 Å². The highest BCUT2D eigenvalue weighted by atomic mass is 16.5. The minimum absolute atomic E-state index is 0. The topological polar surface area (TPSA) is 46.2 Å². The molecule has 2 N–H and O–H groups in total. The van der Waals surface area contributed by atoms with Crippen LogP contribution in [0.3, 0.4) is 0 Å². The molecule has 0 unspecified atom stereocenters. The number of aromatic nitrogens is 1. The monoisotopic (exact) mass is 493 g/mol. The highest BCUT2D eigenvalue weighted by Gasteiger charge is 2.11. The maximum atomic E-state index is 6.25. The minimum Gasteiger partial charge on any atom is -0.457 e. The Hall–Kier alpha value is -3.11. The molecule has 36 heavy (non-hydrogen) atoms. The van der Waals surface area contributed by atoms with Gasteiger partial charge in [0.25, 0.3) is 0 Å². The Kier molecular flexibility index (Phi) is 18.4. The lowest BCUT2D eigenvalue weighted by atomic mass is 9.95. The lowest BCUT2D eigenvalue weighted by Crippen LogP contribution is -2.10. The quantitative estimate of drug-likeness (QED) is 0.366. The van der Waals surface area contributed by atoms with Crippen LogP contribution in [0.15, 0.2) is 73.1 Å². The van der Waals surface area contributed by atoms with Crippen LogP contribution in [-0.2, 0) is 0 Å². The maximum absolute atomic E-state index is 6.25. The molecule has 3 rings (SSSR count). The van der Waals surface area contributed by atoms with Crippen molar-refractivity contribution in [2.45, 2.75) is 68.2 Å². The second-order valence-corrected chi connectivity index (χ2v) is 7.38. The Morgan fingerprint density at radius 3 is 2.50 bits per heavy atom. The Morgan fingerprint density at radius 1 is 1.17 bits per heavy atom. The van der Waals surface area contributed by atoms with Gasteiger partial charge in [-0.25, -0.2) is 0 Å². The van der Waals surface area contributed by atoms with E-state index in [1.165, 1.54) is 5.57 Å². The fraction of sp³-hybridized carbons (Fsp3) is 0.406. The number of allylic oxidation sites excluding steroid dienone is 4. The van der Waals surface area contributed by atoms with Gasteiger partial charge >= 0.3 is 0 Å². The summed E-state index contributed by atoms with van der Waals surface area (Å²) in [4.78, 5) is 4.49. The number of benzene rings is 1. The molecule has 0 radical (unpaired) electrons. The van der Waals surface area contributed by atoms with Gasteiger partial charge in [0.05, 0.1) is 5.69 Å². The van der Waals surface area contributed by atoms with Crippen LogP contribution < -0.4 is 15.4 Å². The van der Waals surface area contributed by atoms with E-state index in [0.717, 1.165) is 65.4 Å². The number of hydrogen-bond acceptors (Lipinski definition) is 4. The van der Waals surface area contributed by atoms with Crippen molar-refractivity contribution >= 4 is 11.1 Å². The lowest BCUT2D eigenvalue weighted by Gasteiger charge is -2.16. The Labute approximate surface area is 222 Å². The van der Waals surface area contributed by atoms with Gasteiger partial charge in [-0.3, -0.25) is 4.98 Å². The van der Waals surface area contributed by atoms with Gasteiger partial charge in [-0.05, 0) is 86.0 Å². The van der Waals surface area contributed by atoms with Gasteiger partial charge in [-0.1, -0.05) is 72.4 Å². The molecule has 0 atom stereocenters. The molecule has 0 spiro atoms. The fourth-order valence-electron chi connectivity index (χ4n) is 3.52. The first kappa shape index (κ1) is 32.9. The first-order valence-corrected chi connectivity index (χ1v) is 13.4. The number of ether oxygens (including phenoxy) is 1. The Balaban J connectivity index is 0. The molecule has 0 saturated heterocycles. The van der Waals surface area contributed by atoms with E-state index in [1.807, 2.05) is 86.0 Å². The van der Waals surface area contributed by atoms with Gasteiger partial charge < -0.3 is 15.4 Å². The summed E-state index contributed by atoms with van der Waals surface area (Å²) in [5.41, 5.74) is 6.81. The van der Waals surface area contributed by atoms with Crippen molar-refractivity contribution < 1.29 is 6.16 Å². The molecule has 0 aliphatic carbocycles. The predicted octanol–water partition coefficient (Wildman–Crippen LogP) is 8.97. The molecule has 1 aromatic carbocycles. The summed E-state index contributed by atoms with van der Waals surface area (Å²) in [7, 11) is 1.93. The van der Waals surface area contributed by atoms with Crippen molar-refractivity contribution in [2.24, 2.45) is 0 Å². The van der Waals surface area contributed by atoms with Crippen molar-refractivity contribution in [3.63, 3.8) is 0 Å². The van der Waals surface area contributed by atoms with E-state index >= 15 is 0 Å². The number of nitrogens with one attached hydrogen (secondary N) is 2. The van der Waals surface area contributed by atoms with Crippen LogP contribution in [0, 0.1) is 6.92 Å². The van der Waals surface area contributed by atoms with E-state index in [4.69, 9.17) is 4.74 Å². The van der Waals surface area contributed by atoms with E-state index in [2.05, 4.69) is 53.4 Å². The van der Waals surface area contributed by atoms with Crippen LogP contribution >= 0.6 is 0 Å². The molecule has 0 fully saturated rings. The first-order chi connectivity index (χ1) is 17.6. The number of hydrogen-bond donors (Lipinski definition) is 2. The van der Waals surface area contributed by atoms with Crippen molar-refractivity contribution in [1.29, 1.82) is 0 Å². The predicted molar refractivity (Wildman–Crippen MR) is 163 cm³/mol. The zero-order valence-corrected chi connectivity index (χ0v) is 24.2. The largest absolute Gasteiger partial charge is 0.457 e. The smallest absolute Gasteiger partial charge is 0.131 e. The van der Waals surface area contributed by atoms with Crippen molar-refractivity contribution in [3.8, 4) is 11.5 Å². The highest BCUT2D eigenvalue weighted by Crippen LogP contribution is 2.32. The van der Waals surface area contributed by atoms with E-state index in [-0.39, 0.29) is 1.43 Å². The summed E-state index contributed by atoms with van der Waals surface area (Å²) in [5, 5.41) is 6.37. The zero-order valence-electron chi connectivity index (χ0n) is 24.2. The standard InChI is InChI=1S/C26H31N3O.3C2H6.H2/c1-5-22(18-27-4)25-17-23(13-16-29-25)30-26-8-6-7-24(20(26)3)19(2)9-10-21-11-14-28-15-12-21;3*1-2;/h5-8,11-14,16-17,27-28H,2,9-10,15,18H2,1,3-4H3;3*1-2H3;1H/b22-5+;;;;. The number of nitrogens with zero attached hydrogens (tertiary/aromatic N) is 1. The van der Waals surface area contributed by atoms with Crippen LogP contribution in [0.2, 0.25) is 0 Å². The second-order valence-electron chi connectivity index (χ2n) is 7.38. The molecule has 1 aromatic heterocycles. The SMILES string of the molecule is C=C(CCC1=CCNC=C1)c1cccc(Oc2ccnc(/C(=C/C)CNC)c2)c1C.CC.CC.CC.[HH]. The average molecular weight is 494 g/mol. The third kappa shape index (κ3) is 10.7. The van der Waals surface area contributed by atoms with Gasteiger partial charge in [-0.2, -0.15) is 0 Å². The number of dihydropyridines is 1. The molecular weight excluding hydrogens is 442 g/mol. The Bertz CT molecular complexity index is 993. The van der Waals surface area contributed by atoms with Gasteiger partial charge in [0.2, 0.25) is 0 Å². The molecule has 1 aliphatic heterocycles. The maximum Gasteiger partial charge on any atom is 0.131 e. The van der Waals surface area contributed by atoms with Gasteiger partial charge in [-0.15, -0.1) is 0 Å². The summed E-state index contributed by atoms with van der Waals surface area (Å²) in [6, 6.07) is 10.1. The molecular formula is C32H51N3O. The van der Waals surface area contributed by atoms with E-state index in [1.54, 1.807) is 6.20 Å². The Morgan fingerprint density at radius 2 is 1.89 bits per heavy atom. The molecule has 1 aliphatic rings. The summed E-state index contributed by atoms with van der Waals surface area (Å²) in [5.74, 6) is 1.63. The summed E-state index contributed by atoms with van der Waals surface area (Å²) in [6.07, 6.45) is 12.2. The van der Waals surface area contributed by atoms with Gasteiger partial charge in [0.1, 0.15) is 11.5 Å². The second kappa shape index (κ2) is 20.1. The lowest BCUT2D eigenvalue weighted by molar-refractivity contribution is 0.477. The van der Waals surface area contributed by atoms with E-state index in [9.17, 15) is 0 Å². The van der Waals surface area contributed by atoms with Gasteiger partial charge in [0.15, 0.2) is 0 Å². The van der Waals surface area contributed by atoms with Crippen molar-refractivity contribution in [3.05, 3.63) is 89.9 Å². The number of likely N-dealkylation sites (N-methyl/N-ethyl adjacent to an activating group) is 1. The van der Waals surface area contributed by atoms with E-state index in [0.29, 0.717) is 0 Å².